The van der Waals surface area contributed by atoms with E-state index in [4.69, 9.17) is 4.74 Å². The van der Waals surface area contributed by atoms with Crippen LogP contribution in [0.25, 0.3) is 0 Å². The SMILES string of the molecule is CCN(CC)C[C@@H]1OC[C@H](NC(=O)c2cccs2)[C@H]1O. The third-order valence-electron chi connectivity index (χ3n) is 3.68. The Balaban J connectivity index is 1.87. The summed E-state index contributed by atoms with van der Waals surface area (Å²) >= 11 is 1.39. The highest BCUT2D eigenvalue weighted by Crippen LogP contribution is 2.17. The first kappa shape index (κ1) is 15.4. The van der Waals surface area contributed by atoms with Crippen LogP contribution < -0.4 is 5.32 Å². The van der Waals surface area contributed by atoms with Crippen molar-refractivity contribution in [3.05, 3.63) is 22.4 Å². The van der Waals surface area contributed by atoms with Gasteiger partial charge in [-0.1, -0.05) is 19.9 Å². The smallest absolute Gasteiger partial charge is 0.261 e. The van der Waals surface area contributed by atoms with Gasteiger partial charge in [-0.2, -0.15) is 0 Å². The Hall–Kier alpha value is -0.950. The maximum atomic E-state index is 12.0. The molecule has 1 aliphatic rings. The van der Waals surface area contributed by atoms with Gasteiger partial charge >= 0.3 is 0 Å². The van der Waals surface area contributed by atoms with Gasteiger partial charge in [0.2, 0.25) is 0 Å². The van der Waals surface area contributed by atoms with Gasteiger partial charge in [-0.3, -0.25) is 4.79 Å². The number of ether oxygens (including phenoxy) is 1. The molecule has 1 aromatic rings. The van der Waals surface area contributed by atoms with E-state index in [1.165, 1.54) is 11.3 Å². The van der Waals surface area contributed by atoms with Crippen LogP contribution in [0.3, 0.4) is 0 Å². The van der Waals surface area contributed by atoms with E-state index in [2.05, 4.69) is 24.1 Å². The number of aliphatic hydroxyl groups is 1. The summed E-state index contributed by atoms with van der Waals surface area (Å²) in [5, 5.41) is 15.0. The van der Waals surface area contributed by atoms with Gasteiger partial charge in [0.05, 0.1) is 23.6 Å². The topological polar surface area (TPSA) is 61.8 Å². The van der Waals surface area contributed by atoms with Crippen LogP contribution in [0.15, 0.2) is 17.5 Å². The van der Waals surface area contributed by atoms with Crippen molar-refractivity contribution in [2.24, 2.45) is 0 Å². The highest BCUT2D eigenvalue weighted by atomic mass is 32.1. The number of nitrogens with one attached hydrogen (secondary N) is 1. The fourth-order valence-electron chi connectivity index (χ4n) is 2.35. The van der Waals surface area contributed by atoms with E-state index in [1.54, 1.807) is 6.07 Å². The highest BCUT2D eigenvalue weighted by molar-refractivity contribution is 7.12. The van der Waals surface area contributed by atoms with E-state index in [-0.39, 0.29) is 18.1 Å². The van der Waals surface area contributed by atoms with Gasteiger partial charge in [0.15, 0.2) is 0 Å². The fraction of sp³-hybridized carbons (Fsp3) is 0.643. The van der Waals surface area contributed by atoms with Gasteiger partial charge in [-0.15, -0.1) is 11.3 Å². The molecule has 6 heteroatoms. The lowest BCUT2D eigenvalue weighted by Gasteiger charge is -2.24. The maximum Gasteiger partial charge on any atom is 0.261 e. The van der Waals surface area contributed by atoms with Crippen molar-refractivity contribution in [2.75, 3.05) is 26.2 Å². The number of carbonyl (C=O) groups excluding carboxylic acids is 1. The van der Waals surface area contributed by atoms with E-state index in [0.29, 0.717) is 18.0 Å². The molecule has 1 saturated heterocycles. The van der Waals surface area contributed by atoms with E-state index < -0.39 is 6.10 Å². The fourth-order valence-corrected chi connectivity index (χ4v) is 2.98. The molecule has 1 amide bonds. The Morgan fingerprint density at radius 3 is 2.90 bits per heavy atom. The number of nitrogens with zero attached hydrogens (tertiary/aromatic N) is 1. The second-order valence-electron chi connectivity index (χ2n) is 4.91. The van der Waals surface area contributed by atoms with Gasteiger partial charge in [0, 0.05) is 6.54 Å². The summed E-state index contributed by atoms with van der Waals surface area (Å²) < 4.78 is 5.63. The van der Waals surface area contributed by atoms with Crippen molar-refractivity contribution >= 4 is 17.2 Å². The van der Waals surface area contributed by atoms with Crippen molar-refractivity contribution in [3.63, 3.8) is 0 Å². The largest absolute Gasteiger partial charge is 0.388 e. The lowest BCUT2D eigenvalue weighted by molar-refractivity contribution is 0.0171. The average Bonchev–Trinajstić information content (AvgIpc) is 3.09. The van der Waals surface area contributed by atoms with Crippen molar-refractivity contribution in [1.29, 1.82) is 0 Å². The lowest BCUT2D eigenvalue weighted by Crippen LogP contribution is -2.46. The second-order valence-corrected chi connectivity index (χ2v) is 5.85. The van der Waals surface area contributed by atoms with Crippen LogP contribution in [-0.2, 0) is 4.74 Å². The summed E-state index contributed by atoms with van der Waals surface area (Å²) in [6.45, 7) is 7.08. The minimum atomic E-state index is -0.653. The zero-order valence-corrected chi connectivity index (χ0v) is 12.7. The van der Waals surface area contributed by atoms with Gasteiger partial charge in [-0.05, 0) is 24.5 Å². The van der Waals surface area contributed by atoms with Gasteiger partial charge in [0.25, 0.3) is 5.91 Å². The standard InChI is InChI=1S/C14H22N2O3S/c1-3-16(4-2)8-11-13(17)10(9-19-11)15-14(18)12-6-5-7-20-12/h5-7,10-11,13,17H,3-4,8-9H2,1-2H3,(H,15,18)/t10-,11-,13+/m0/s1. The van der Waals surface area contributed by atoms with Crippen LogP contribution >= 0.6 is 11.3 Å². The monoisotopic (exact) mass is 298 g/mol. The number of hydrogen-bond donors (Lipinski definition) is 2. The molecule has 0 aliphatic carbocycles. The molecule has 0 bridgehead atoms. The maximum absolute atomic E-state index is 12.0. The molecule has 3 atom stereocenters. The van der Waals surface area contributed by atoms with Crippen LogP contribution in [0.4, 0.5) is 0 Å². The summed E-state index contributed by atoms with van der Waals surface area (Å²) in [7, 11) is 0. The Morgan fingerprint density at radius 2 is 2.30 bits per heavy atom. The zero-order valence-electron chi connectivity index (χ0n) is 11.9. The van der Waals surface area contributed by atoms with Gasteiger partial charge in [-0.25, -0.2) is 0 Å². The first-order valence-electron chi connectivity index (χ1n) is 7.02. The second kappa shape index (κ2) is 7.17. The molecule has 0 unspecified atom stereocenters. The number of hydrogen-bond acceptors (Lipinski definition) is 5. The Morgan fingerprint density at radius 1 is 1.55 bits per heavy atom. The molecule has 5 nitrogen and oxygen atoms in total. The third kappa shape index (κ3) is 3.58. The molecule has 0 spiro atoms. The van der Waals surface area contributed by atoms with Crippen LogP contribution in [0, 0.1) is 0 Å². The number of likely N-dealkylation sites (N-methyl/N-ethyl adjacent to an activating group) is 1. The number of thiophene rings is 1. The molecule has 1 aliphatic heterocycles. The molecule has 0 radical (unpaired) electrons. The first-order valence-corrected chi connectivity index (χ1v) is 7.90. The average molecular weight is 298 g/mol. The Kier molecular flexibility index (Phi) is 5.54. The first-order chi connectivity index (χ1) is 9.65. The van der Waals surface area contributed by atoms with Crippen LogP contribution in [0.1, 0.15) is 23.5 Å². The van der Waals surface area contributed by atoms with Crippen molar-refractivity contribution in [3.8, 4) is 0 Å². The lowest BCUT2D eigenvalue weighted by atomic mass is 10.1. The highest BCUT2D eigenvalue weighted by Gasteiger charge is 2.37. The Labute approximate surface area is 123 Å². The zero-order chi connectivity index (χ0) is 14.5. The summed E-state index contributed by atoms with van der Waals surface area (Å²) in [6.07, 6.45) is -0.886. The minimum absolute atomic E-state index is 0.142. The molecule has 1 fully saturated rings. The molecule has 112 valence electrons. The van der Waals surface area contributed by atoms with E-state index >= 15 is 0 Å². The number of carbonyl (C=O) groups is 1. The summed E-state index contributed by atoms with van der Waals surface area (Å²) in [5.41, 5.74) is 0. The van der Waals surface area contributed by atoms with Crippen molar-refractivity contribution in [1.82, 2.24) is 10.2 Å². The van der Waals surface area contributed by atoms with Gasteiger partial charge < -0.3 is 20.1 Å². The van der Waals surface area contributed by atoms with Crippen LogP contribution in [-0.4, -0.2) is 60.4 Å². The molecule has 2 heterocycles. The van der Waals surface area contributed by atoms with Crippen molar-refractivity contribution < 1.29 is 14.6 Å². The summed E-state index contributed by atoms with van der Waals surface area (Å²) in [5.74, 6) is -0.142. The van der Waals surface area contributed by atoms with E-state index in [0.717, 1.165) is 13.1 Å². The van der Waals surface area contributed by atoms with Crippen molar-refractivity contribution in [2.45, 2.75) is 32.1 Å². The van der Waals surface area contributed by atoms with E-state index in [9.17, 15) is 9.90 Å². The third-order valence-corrected chi connectivity index (χ3v) is 4.55. The molecule has 20 heavy (non-hydrogen) atoms. The molecular weight excluding hydrogens is 276 g/mol. The van der Waals surface area contributed by atoms with Crippen LogP contribution in [0.5, 0.6) is 0 Å². The normalized spacial score (nSPS) is 26.1. The number of rotatable bonds is 6. The van der Waals surface area contributed by atoms with Gasteiger partial charge in [0.1, 0.15) is 6.10 Å². The number of aliphatic hydroxyl groups excluding tert-OH is 1. The van der Waals surface area contributed by atoms with E-state index in [1.807, 2.05) is 11.4 Å². The summed E-state index contributed by atoms with van der Waals surface area (Å²) in [4.78, 5) is 14.8. The van der Waals surface area contributed by atoms with Crippen LogP contribution in [0.2, 0.25) is 0 Å². The molecule has 1 aromatic heterocycles. The Bertz CT molecular complexity index is 420. The molecule has 2 rings (SSSR count). The summed E-state index contributed by atoms with van der Waals surface area (Å²) in [6, 6.07) is 3.28. The predicted octanol–water partition coefficient (Wildman–Crippen LogP) is 0.948. The molecular formula is C14H22N2O3S. The predicted molar refractivity (Wildman–Crippen MR) is 79.1 cm³/mol. The molecule has 2 N–H and O–H groups in total. The quantitative estimate of drug-likeness (QED) is 0.821. The molecule has 0 saturated carbocycles. The molecule has 0 aromatic carbocycles. The minimum Gasteiger partial charge on any atom is -0.388 e. The number of amides is 1.